The van der Waals surface area contributed by atoms with E-state index in [1.165, 1.54) is 0 Å². The van der Waals surface area contributed by atoms with Crippen molar-refractivity contribution in [2.24, 2.45) is 0 Å². The van der Waals surface area contributed by atoms with Crippen LogP contribution in [0.3, 0.4) is 0 Å². The fourth-order valence-corrected chi connectivity index (χ4v) is 3.56. The van der Waals surface area contributed by atoms with E-state index in [2.05, 4.69) is 15.8 Å². The lowest BCUT2D eigenvalue weighted by atomic mass is 10.2. The zero-order valence-corrected chi connectivity index (χ0v) is 14.9. The number of amides is 2. The van der Waals surface area contributed by atoms with Crippen molar-refractivity contribution in [2.45, 2.75) is 19.3 Å². The average Bonchev–Trinajstić information content (AvgIpc) is 3.03. The largest absolute Gasteiger partial charge is 0.273 e. The SMILES string of the molecule is O=C(CCCc1nc2ccccc2s1)NNC(=O)c1ccccc1Cl. The number of carbonyl (C=O) groups is 2. The topological polar surface area (TPSA) is 71.1 Å². The molecule has 2 N–H and O–H groups in total. The van der Waals surface area contributed by atoms with Gasteiger partial charge in [-0.2, -0.15) is 0 Å². The number of para-hydroxylation sites is 1. The molecule has 0 saturated carbocycles. The number of rotatable bonds is 5. The number of halogens is 1. The molecule has 1 heterocycles. The van der Waals surface area contributed by atoms with E-state index in [-0.39, 0.29) is 5.91 Å². The number of carbonyl (C=O) groups excluding carboxylic acids is 2. The van der Waals surface area contributed by atoms with Crippen molar-refractivity contribution >= 4 is 45.0 Å². The number of fused-ring (bicyclic) bond motifs is 1. The number of nitrogens with zero attached hydrogens (tertiary/aromatic N) is 1. The summed E-state index contributed by atoms with van der Waals surface area (Å²) in [7, 11) is 0. The molecule has 7 heteroatoms. The van der Waals surface area contributed by atoms with E-state index in [0.717, 1.165) is 21.6 Å². The highest BCUT2D eigenvalue weighted by Crippen LogP contribution is 2.22. The number of aryl methyl sites for hydroxylation is 1. The van der Waals surface area contributed by atoms with Crippen molar-refractivity contribution in [2.75, 3.05) is 0 Å². The van der Waals surface area contributed by atoms with Gasteiger partial charge < -0.3 is 0 Å². The van der Waals surface area contributed by atoms with Gasteiger partial charge in [-0.3, -0.25) is 20.4 Å². The van der Waals surface area contributed by atoms with Crippen molar-refractivity contribution in [3.8, 4) is 0 Å². The van der Waals surface area contributed by atoms with Gasteiger partial charge in [0.05, 0.1) is 25.8 Å². The second-order valence-corrected chi connectivity index (χ2v) is 6.93. The molecule has 0 saturated heterocycles. The summed E-state index contributed by atoms with van der Waals surface area (Å²) in [5.74, 6) is -0.688. The third-order valence-electron chi connectivity index (χ3n) is 3.57. The highest BCUT2D eigenvalue weighted by atomic mass is 35.5. The molecule has 128 valence electrons. The fraction of sp³-hybridized carbons (Fsp3) is 0.167. The van der Waals surface area contributed by atoms with Gasteiger partial charge in [-0.15, -0.1) is 11.3 Å². The van der Waals surface area contributed by atoms with Crippen LogP contribution in [0.4, 0.5) is 0 Å². The highest BCUT2D eigenvalue weighted by molar-refractivity contribution is 7.18. The van der Waals surface area contributed by atoms with Crippen LogP contribution in [0.2, 0.25) is 5.02 Å². The third kappa shape index (κ3) is 4.55. The van der Waals surface area contributed by atoms with E-state index in [1.807, 2.05) is 24.3 Å². The Bertz CT molecular complexity index is 877. The summed E-state index contributed by atoms with van der Waals surface area (Å²) in [6.07, 6.45) is 1.69. The third-order valence-corrected chi connectivity index (χ3v) is 4.99. The van der Waals surface area contributed by atoms with Crippen molar-refractivity contribution in [3.05, 3.63) is 64.1 Å². The number of hydrogen-bond donors (Lipinski definition) is 2. The minimum atomic E-state index is -0.440. The molecule has 0 aliphatic carbocycles. The maximum atomic E-state index is 11.9. The molecule has 0 aliphatic heterocycles. The molecule has 0 fully saturated rings. The van der Waals surface area contributed by atoms with Gasteiger partial charge in [0.25, 0.3) is 5.91 Å². The van der Waals surface area contributed by atoms with E-state index in [9.17, 15) is 9.59 Å². The lowest BCUT2D eigenvalue weighted by Crippen LogP contribution is -2.41. The Morgan fingerprint density at radius 2 is 1.80 bits per heavy atom. The molecule has 3 rings (SSSR count). The second kappa shape index (κ2) is 8.09. The smallest absolute Gasteiger partial charge is 0.271 e. The summed E-state index contributed by atoms with van der Waals surface area (Å²) in [5, 5.41) is 1.35. The molecule has 5 nitrogen and oxygen atoms in total. The van der Waals surface area contributed by atoms with Crippen LogP contribution in [-0.2, 0) is 11.2 Å². The summed E-state index contributed by atoms with van der Waals surface area (Å²) < 4.78 is 1.15. The van der Waals surface area contributed by atoms with Gasteiger partial charge in [0, 0.05) is 6.42 Å². The Balaban J connectivity index is 1.43. The standard InChI is InChI=1S/C18H16ClN3O2S/c19-13-7-2-1-6-12(13)18(24)22-21-16(23)10-5-11-17-20-14-8-3-4-9-15(14)25-17/h1-4,6-9H,5,10-11H2,(H,21,23)(H,22,24). The second-order valence-electron chi connectivity index (χ2n) is 5.41. The zero-order chi connectivity index (χ0) is 17.6. The molecule has 0 unspecified atom stereocenters. The predicted molar refractivity (Wildman–Crippen MR) is 99.6 cm³/mol. The Labute approximate surface area is 154 Å². The molecule has 0 bridgehead atoms. The lowest BCUT2D eigenvalue weighted by Gasteiger charge is -2.08. The van der Waals surface area contributed by atoms with Gasteiger partial charge in [0.2, 0.25) is 5.91 Å². The maximum Gasteiger partial charge on any atom is 0.271 e. The first-order valence-electron chi connectivity index (χ1n) is 7.81. The number of hydrogen-bond acceptors (Lipinski definition) is 4. The Kier molecular flexibility index (Phi) is 5.63. The molecule has 1 aromatic heterocycles. The fourth-order valence-electron chi connectivity index (χ4n) is 2.33. The molecule has 0 radical (unpaired) electrons. The molecular formula is C18H16ClN3O2S. The van der Waals surface area contributed by atoms with Crippen LogP contribution < -0.4 is 10.9 Å². The van der Waals surface area contributed by atoms with Crippen LogP contribution in [0.15, 0.2) is 48.5 Å². The zero-order valence-electron chi connectivity index (χ0n) is 13.3. The molecule has 25 heavy (non-hydrogen) atoms. The number of hydrazine groups is 1. The number of thiazole rings is 1. The molecule has 0 atom stereocenters. The molecule has 0 aliphatic rings. The average molecular weight is 374 g/mol. The van der Waals surface area contributed by atoms with Crippen molar-refractivity contribution in [1.82, 2.24) is 15.8 Å². The van der Waals surface area contributed by atoms with E-state index in [1.54, 1.807) is 35.6 Å². The Hall–Kier alpha value is -2.44. The van der Waals surface area contributed by atoms with E-state index >= 15 is 0 Å². The normalized spacial score (nSPS) is 10.6. The van der Waals surface area contributed by atoms with Crippen molar-refractivity contribution < 1.29 is 9.59 Å². The summed E-state index contributed by atoms with van der Waals surface area (Å²) in [5.41, 5.74) is 6.08. The molecular weight excluding hydrogens is 358 g/mol. The van der Waals surface area contributed by atoms with Crippen LogP contribution >= 0.6 is 22.9 Å². The van der Waals surface area contributed by atoms with Gasteiger partial charge in [0.15, 0.2) is 0 Å². The number of nitrogens with one attached hydrogen (secondary N) is 2. The van der Waals surface area contributed by atoms with E-state index in [4.69, 9.17) is 11.6 Å². The molecule has 3 aromatic rings. The number of aromatic nitrogens is 1. The molecule has 2 aromatic carbocycles. The van der Waals surface area contributed by atoms with Gasteiger partial charge in [-0.05, 0) is 37.1 Å². The van der Waals surface area contributed by atoms with Gasteiger partial charge in [-0.25, -0.2) is 4.98 Å². The van der Waals surface area contributed by atoms with Gasteiger partial charge in [-0.1, -0.05) is 35.9 Å². The minimum Gasteiger partial charge on any atom is -0.273 e. The summed E-state index contributed by atoms with van der Waals surface area (Å²) in [6, 6.07) is 14.6. The van der Waals surface area contributed by atoms with E-state index < -0.39 is 5.91 Å². The number of benzene rings is 2. The van der Waals surface area contributed by atoms with Crippen LogP contribution in [0.25, 0.3) is 10.2 Å². The van der Waals surface area contributed by atoms with E-state index in [0.29, 0.717) is 23.4 Å². The Morgan fingerprint density at radius 3 is 2.60 bits per heavy atom. The van der Waals surface area contributed by atoms with Gasteiger partial charge in [0.1, 0.15) is 0 Å². The summed E-state index contributed by atoms with van der Waals surface area (Å²) >= 11 is 7.58. The molecule has 2 amide bonds. The quantitative estimate of drug-likeness (QED) is 0.669. The first-order valence-corrected chi connectivity index (χ1v) is 9.01. The highest BCUT2D eigenvalue weighted by Gasteiger charge is 2.11. The summed E-state index contributed by atoms with van der Waals surface area (Å²) in [4.78, 5) is 28.3. The minimum absolute atomic E-state index is 0.249. The Morgan fingerprint density at radius 1 is 1.04 bits per heavy atom. The van der Waals surface area contributed by atoms with Crippen LogP contribution in [0.5, 0.6) is 0 Å². The lowest BCUT2D eigenvalue weighted by molar-refractivity contribution is -0.121. The first kappa shape index (κ1) is 17.4. The van der Waals surface area contributed by atoms with Crippen molar-refractivity contribution in [3.63, 3.8) is 0 Å². The molecule has 0 spiro atoms. The predicted octanol–water partition coefficient (Wildman–Crippen LogP) is 3.73. The van der Waals surface area contributed by atoms with Crippen LogP contribution in [-0.4, -0.2) is 16.8 Å². The first-order chi connectivity index (χ1) is 12.1. The van der Waals surface area contributed by atoms with Crippen LogP contribution in [0.1, 0.15) is 28.2 Å². The summed E-state index contributed by atoms with van der Waals surface area (Å²) in [6.45, 7) is 0. The van der Waals surface area contributed by atoms with Gasteiger partial charge >= 0.3 is 0 Å². The van der Waals surface area contributed by atoms with Crippen molar-refractivity contribution in [1.29, 1.82) is 0 Å². The maximum absolute atomic E-state index is 11.9. The monoisotopic (exact) mass is 373 g/mol. The van der Waals surface area contributed by atoms with Crippen LogP contribution in [0, 0.1) is 0 Å².